The van der Waals surface area contributed by atoms with Crippen molar-refractivity contribution in [2.75, 3.05) is 23.3 Å². The van der Waals surface area contributed by atoms with E-state index in [9.17, 15) is 14.9 Å². The predicted molar refractivity (Wildman–Crippen MR) is 136 cm³/mol. The van der Waals surface area contributed by atoms with Gasteiger partial charge in [-0.15, -0.1) is 0 Å². The van der Waals surface area contributed by atoms with Crippen molar-refractivity contribution < 1.29 is 14.1 Å². The van der Waals surface area contributed by atoms with Crippen LogP contribution in [0.3, 0.4) is 0 Å². The number of nitro benzene ring substituents is 1. The first kappa shape index (κ1) is 22.9. The van der Waals surface area contributed by atoms with Crippen LogP contribution in [0.15, 0.2) is 59.0 Å². The van der Waals surface area contributed by atoms with Crippen molar-refractivity contribution in [1.29, 1.82) is 0 Å². The fourth-order valence-corrected chi connectivity index (χ4v) is 4.53. The number of halogens is 1. The number of benzene rings is 3. The summed E-state index contributed by atoms with van der Waals surface area (Å²) in [6, 6.07) is 15.3. The van der Waals surface area contributed by atoms with Crippen molar-refractivity contribution in [3.8, 4) is 11.5 Å². The number of aromatic nitrogens is 1. The summed E-state index contributed by atoms with van der Waals surface area (Å²) in [4.78, 5) is 30.8. The molecule has 1 aliphatic heterocycles. The van der Waals surface area contributed by atoms with Gasteiger partial charge in [0, 0.05) is 30.4 Å². The van der Waals surface area contributed by atoms with Crippen molar-refractivity contribution in [3.05, 3.63) is 80.9 Å². The quantitative estimate of drug-likeness (QED) is 0.249. The molecule has 0 aliphatic carbocycles. The Morgan fingerprint density at radius 2 is 1.89 bits per heavy atom. The second-order valence-corrected chi connectivity index (χ2v) is 9.05. The first-order valence-corrected chi connectivity index (χ1v) is 11.8. The number of amides is 1. The summed E-state index contributed by atoms with van der Waals surface area (Å²) in [5.41, 5.74) is 4.08. The van der Waals surface area contributed by atoms with Crippen molar-refractivity contribution in [3.63, 3.8) is 0 Å². The standard InChI is InChI=1S/C26H23ClN4O4/c1-16-5-9-21-24(13-16)35-26(29-21)19-15-18(7-8-20(19)27)28-25(32)17-6-10-22(23(14-17)31(33)34)30-11-3-2-4-12-30/h5-10,13-15H,2-4,11-12H2,1H3,(H,28,32). The predicted octanol–water partition coefficient (Wildman–Crippen LogP) is 6.61. The van der Waals surface area contributed by atoms with E-state index < -0.39 is 10.8 Å². The van der Waals surface area contributed by atoms with Gasteiger partial charge in [0.1, 0.15) is 11.2 Å². The number of anilines is 2. The lowest BCUT2D eigenvalue weighted by atomic mass is 10.1. The van der Waals surface area contributed by atoms with Gasteiger partial charge in [0.15, 0.2) is 5.58 Å². The third kappa shape index (κ3) is 4.70. The molecule has 0 atom stereocenters. The van der Waals surface area contributed by atoms with Gasteiger partial charge in [0.2, 0.25) is 5.89 Å². The molecule has 0 bridgehead atoms. The minimum atomic E-state index is -0.459. The maximum Gasteiger partial charge on any atom is 0.293 e. The molecule has 1 N–H and O–H groups in total. The number of carbonyl (C=O) groups is 1. The smallest absolute Gasteiger partial charge is 0.293 e. The van der Waals surface area contributed by atoms with Crippen LogP contribution in [0.2, 0.25) is 5.02 Å². The Morgan fingerprint density at radius 1 is 1.09 bits per heavy atom. The number of nitrogens with zero attached hydrogens (tertiary/aromatic N) is 3. The molecule has 2 heterocycles. The zero-order valence-electron chi connectivity index (χ0n) is 19.1. The third-order valence-electron chi connectivity index (χ3n) is 6.13. The van der Waals surface area contributed by atoms with Gasteiger partial charge in [-0.2, -0.15) is 0 Å². The second kappa shape index (κ2) is 9.38. The van der Waals surface area contributed by atoms with E-state index in [0.29, 0.717) is 39.0 Å². The fraction of sp³-hybridized carbons (Fsp3) is 0.231. The van der Waals surface area contributed by atoms with Crippen LogP contribution < -0.4 is 10.2 Å². The first-order valence-electron chi connectivity index (χ1n) is 11.4. The maximum atomic E-state index is 13.0. The van der Waals surface area contributed by atoms with Crippen LogP contribution in [0.25, 0.3) is 22.6 Å². The van der Waals surface area contributed by atoms with E-state index >= 15 is 0 Å². The van der Waals surface area contributed by atoms with Gasteiger partial charge in [-0.1, -0.05) is 17.7 Å². The number of carbonyl (C=O) groups excluding carboxylic acids is 1. The molecular formula is C26H23ClN4O4. The Labute approximate surface area is 206 Å². The van der Waals surface area contributed by atoms with Crippen LogP contribution in [0.5, 0.6) is 0 Å². The summed E-state index contributed by atoms with van der Waals surface area (Å²) in [7, 11) is 0. The average molecular weight is 491 g/mol. The number of piperidine rings is 1. The van der Waals surface area contributed by atoms with E-state index in [2.05, 4.69) is 10.3 Å². The van der Waals surface area contributed by atoms with E-state index in [1.165, 1.54) is 6.07 Å². The molecule has 0 radical (unpaired) electrons. The van der Waals surface area contributed by atoms with Gasteiger partial charge >= 0.3 is 0 Å². The van der Waals surface area contributed by atoms with E-state index in [1.807, 2.05) is 30.0 Å². The molecule has 4 aromatic rings. The highest BCUT2D eigenvalue weighted by Crippen LogP contribution is 2.34. The van der Waals surface area contributed by atoms with Crippen molar-refractivity contribution in [2.24, 2.45) is 0 Å². The van der Waals surface area contributed by atoms with Crippen LogP contribution in [0, 0.1) is 17.0 Å². The topological polar surface area (TPSA) is 102 Å². The van der Waals surface area contributed by atoms with E-state index in [0.717, 1.165) is 37.9 Å². The van der Waals surface area contributed by atoms with E-state index in [-0.39, 0.29) is 11.3 Å². The Balaban J connectivity index is 1.41. The van der Waals surface area contributed by atoms with Crippen LogP contribution in [-0.4, -0.2) is 28.9 Å². The van der Waals surface area contributed by atoms with Gasteiger partial charge in [-0.05, 0) is 74.2 Å². The average Bonchev–Trinajstić information content (AvgIpc) is 3.28. The first-order chi connectivity index (χ1) is 16.9. The van der Waals surface area contributed by atoms with Gasteiger partial charge in [-0.25, -0.2) is 4.98 Å². The van der Waals surface area contributed by atoms with Gasteiger partial charge < -0.3 is 14.6 Å². The highest BCUT2D eigenvalue weighted by atomic mass is 35.5. The van der Waals surface area contributed by atoms with Crippen LogP contribution in [0.1, 0.15) is 35.2 Å². The van der Waals surface area contributed by atoms with Gasteiger partial charge in [-0.3, -0.25) is 14.9 Å². The molecular weight excluding hydrogens is 468 g/mol. The molecule has 1 fully saturated rings. The molecule has 35 heavy (non-hydrogen) atoms. The van der Waals surface area contributed by atoms with E-state index in [1.54, 1.807) is 30.3 Å². The summed E-state index contributed by atoms with van der Waals surface area (Å²) >= 11 is 6.40. The Hall–Kier alpha value is -3.91. The Kier molecular flexibility index (Phi) is 6.13. The van der Waals surface area contributed by atoms with Gasteiger partial charge in [0.25, 0.3) is 11.6 Å². The van der Waals surface area contributed by atoms with Crippen LogP contribution in [-0.2, 0) is 0 Å². The largest absolute Gasteiger partial charge is 0.436 e. The van der Waals surface area contributed by atoms with E-state index in [4.69, 9.17) is 16.0 Å². The number of hydrogen-bond donors (Lipinski definition) is 1. The molecule has 0 spiro atoms. The number of rotatable bonds is 5. The number of nitro groups is 1. The summed E-state index contributed by atoms with van der Waals surface area (Å²) in [5, 5.41) is 15.0. The normalized spacial score (nSPS) is 13.7. The monoisotopic (exact) mass is 490 g/mol. The summed E-state index contributed by atoms with van der Waals surface area (Å²) in [6.45, 7) is 3.51. The summed E-state index contributed by atoms with van der Waals surface area (Å²) in [5.74, 6) is -0.118. The zero-order valence-corrected chi connectivity index (χ0v) is 19.8. The summed E-state index contributed by atoms with van der Waals surface area (Å²) < 4.78 is 5.89. The highest BCUT2D eigenvalue weighted by molar-refractivity contribution is 6.33. The molecule has 1 aliphatic rings. The fourth-order valence-electron chi connectivity index (χ4n) is 4.33. The Bertz CT molecular complexity index is 1440. The molecule has 0 unspecified atom stereocenters. The number of nitrogens with one attached hydrogen (secondary N) is 1. The minimum absolute atomic E-state index is 0.0712. The maximum absolute atomic E-state index is 13.0. The number of fused-ring (bicyclic) bond motifs is 1. The zero-order chi connectivity index (χ0) is 24.5. The molecule has 178 valence electrons. The van der Waals surface area contributed by atoms with Crippen LogP contribution in [0.4, 0.5) is 17.1 Å². The molecule has 8 nitrogen and oxygen atoms in total. The highest BCUT2D eigenvalue weighted by Gasteiger charge is 2.23. The number of aryl methyl sites for hydroxylation is 1. The second-order valence-electron chi connectivity index (χ2n) is 8.65. The van der Waals surface area contributed by atoms with Crippen molar-refractivity contribution in [2.45, 2.75) is 26.2 Å². The van der Waals surface area contributed by atoms with Crippen molar-refractivity contribution >= 4 is 45.7 Å². The molecule has 9 heteroatoms. The molecule has 1 aromatic heterocycles. The SMILES string of the molecule is Cc1ccc2nc(-c3cc(NC(=O)c4ccc(N5CCCCC5)c([N+](=O)[O-])c4)ccc3Cl)oc2c1. The Morgan fingerprint density at radius 3 is 2.66 bits per heavy atom. The molecule has 1 amide bonds. The molecule has 3 aromatic carbocycles. The van der Waals surface area contributed by atoms with Gasteiger partial charge in [0.05, 0.1) is 15.5 Å². The molecule has 1 saturated heterocycles. The number of oxazole rings is 1. The molecule has 5 rings (SSSR count). The summed E-state index contributed by atoms with van der Waals surface area (Å²) in [6.07, 6.45) is 3.12. The lowest BCUT2D eigenvalue weighted by molar-refractivity contribution is -0.384. The third-order valence-corrected chi connectivity index (χ3v) is 6.46. The van der Waals surface area contributed by atoms with Crippen LogP contribution >= 0.6 is 11.6 Å². The minimum Gasteiger partial charge on any atom is -0.436 e. The number of hydrogen-bond acceptors (Lipinski definition) is 6. The lowest BCUT2D eigenvalue weighted by Crippen LogP contribution is -2.30. The molecule has 0 saturated carbocycles. The lowest BCUT2D eigenvalue weighted by Gasteiger charge is -2.28. The van der Waals surface area contributed by atoms with Crippen molar-refractivity contribution in [1.82, 2.24) is 4.98 Å².